The average molecular weight is 205 g/mol. The predicted octanol–water partition coefficient (Wildman–Crippen LogP) is -0.0859. The van der Waals surface area contributed by atoms with E-state index in [0.29, 0.717) is 5.71 Å². The van der Waals surface area contributed by atoms with E-state index in [4.69, 9.17) is 0 Å². The highest BCUT2D eigenvalue weighted by Gasteiger charge is 2.43. The largest absolute Gasteiger partial charge is 0.395 e. The summed E-state index contributed by atoms with van der Waals surface area (Å²) in [6.45, 7) is 1.38. The molecule has 0 bridgehead atoms. The minimum absolute atomic E-state index is 0.271. The Morgan fingerprint density at radius 2 is 2.40 bits per heavy atom. The van der Waals surface area contributed by atoms with E-state index in [0.717, 1.165) is 5.56 Å². The van der Waals surface area contributed by atoms with Crippen LogP contribution in [-0.4, -0.2) is 28.3 Å². The molecule has 0 spiro atoms. The number of carbonyl (C=O) groups excluding carboxylic acids is 1. The molecule has 0 saturated heterocycles. The molecule has 15 heavy (non-hydrogen) atoms. The van der Waals surface area contributed by atoms with Gasteiger partial charge in [0.25, 0.3) is 5.91 Å². The van der Waals surface area contributed by atoms with E-state index in [2.05, 4.69) is 15.5 Å². The molecule has 0 aromatic carbocycles. The predicted molar refractivity (Wildman–Crippen MR) is 54.1 cm³/mol. The molecule has 1 aromatic heterocycles. The number of aromatic nitrogens is 1. The zero-order valence-electron chi connectivity index (χ0n) is 8.27. The molecule has 2 N–H and O–H groups in total. The summed E-state index contributed by atoms with van der Waals surface area (Å²) in [5.41, 5.74) is 2.68. The zero-order chi connectivity index (χ0) is 10.9. The minimum Gasteiger partial charge on any atom is -0.395 e. The maximum Gasteiger partial charge on any atom is 0.254 e. The van der Waals surface area contributed by atoms with Crippen LogP contribution in [0.15, 0.2) is 29.6 Å². The standard InChI is InChI=1S/C10H11N3O2/c1-10(6-14)8(12-13-9(10)15)7-3-2-4-11-5-7/h2-5,14H,6H2,1H3,(H,13,15). The van der Waals surface area contributed by atoms with Crippen LogP contribution in [0.4, 0.5) is 0 Å². The number of nitrogens with zero attached hydrogens (tertiary/aromatic N) is 2. The van der Waals surface area contributed by atoms with Gasteiger partial charge in [-0.3, -0.25) is 9.78 Å². The number of hydrazone groups is 1. The highest BCUT2D eigenvalue weighted by atomic mass is 16.3. The second-order valence-electron chi connectivity index (χ2n) is 3.63. The molecule has 78 valence electrons. The number of aliphatic hydroxyl groups excluding tert-OH is 1. The number of carbonyl (C=O) groups is 1. The number of amides is 1. The van der Waals surface area contributed by atoms with E-state index in [1.54, 1.807) is 31.5 Å². The zero-order valence-corrected chi connectivity index (χ0v) is 8.27. The van der Waals surface area contributed by atoms with Crippen LogP contribution in [0.1, 0.15) is 12.5 Å². The van der Waals surface area contributed by atoms with Crippen LogP contribution < -0.4 is 5.43 Å². The monoisotopic (exact) mass is 205 g/mol. The van der Waals surface area contributed by atoms with Crippen LogP contribution in [0.25, 0.3) is 0 Å². The van der Waals surface area contributed by atoms with Crippen molar-refractivity contribution in [2.75, 3.05) is 6.61 Å². The van der Waals surface area contributed by atoms with Crippen molar-refractivity contribution in [3.8, 4) is 0 Å². The van der Waals surface area contributed by atoms with Gasteiger partial charge < -0.3 is 5.11 Å². The lowest BCUT2D eigenvalue weighted by Crippen LogP contribution is -2.39. The van der Waals surface area contributed by atoms with Gasteiger partial charge in [-0.1, -0.05) is 0 Å². The lowest BCUT2D eigenvalue weighted by molar-refractivity contribution is -0.127. The first-order valence-electron chi connectivity index (χ1n) is 4.58. The first-order valence-corrected chi connectivity index (χ1v) is 4.58. The van der Waals surface area contributed by atoms with Crippen LogP contribution in [-0.2, 0) is 4.79 Å². The van der Waals surface area contributed by atoms with Crippen LogP contribution in [0, 0.1) is 5.41 Å². The molecule has 0 radical (unpaired) electrons. The SMILES string of the molecule is CC1(CO)C(=O)NN=C1c1cccnc1. The van der Waals surface area contributed by atoms with Gasteiger partial charge in [0.2, 0.25) is 0 Å². The van der Waals surface area contributed by atoms with Gasteiger partial charge in [0.1, 0.15) is 5.41 Å². The molecule has 2 rings (SSSR count). The Bertz CT molecular complexity index is 416. The fourth-order valence-electron chi connectivity index (χ4n) is 1.49. The summed E-state index contributed by atoms with van der Waals surface area (Å²) in [5, 5.41) is 13.2. The van der Waals surface area contributed by atoms with Crippen molar-refractivity contribution < 1.29 is 9.90 Å². The van der Waals surface area contributed by atoms with Crippen molar-refractivity contribution in [1.82, 2.24) is 10.4 Å². The van der Waals surface area contributed by atoms with Gasteiger partial charge in [-0.15, -0.1) is 0 Å². The molecule has 1 aliphatic rings. The van der Waals surface area contributed by atoms with Crippen LogP contribution in [0.2, 0.25) is 0 Å². The van der Waals surface area contributed by atoms with Gasteiger partial charge in [-0.05, 0) is 19.1 Å². The Labute approximate surface area is 86.8 Å². The normalized spacial score (nSPS) is 24.9. The van der Waals surface area contributed by atoms with Crippen molar-refractivity contribution in [1.29, 1.82) is 0 Å². The molecule has 0 fully saturated rings. The number of aliphatic hydroxyl groups is 1. The molecule has 0 aliphatic carbocycles. The average Bonchev–Trinajstić information content (AvgIpc) is 2.58. The topological polar surface area (TPSA) is 74.6 Å². The summed E-state index contributed by atoms with van der Waals surface area (Å²) in [4.78, 5) is 15.5. The van der Waals surface area contributed by atoms with Crippen LogP contribution in [0.3, 0.4) is 0 Å². The number of pyridine rings is 1. The lowest BCUT2D eigenvalue weighted by Gasteiger charge is -2.19. The molecule has 5 heteroatoms. The Balaban J connectivity index is 2.43. The highest BCUT2D eigenvalue weighted by Crippen LogP contribution is 2.26. The Morgan fingerprint density at radius 3 is 3.00 bits per heavy atom. The van der Waals surface area contributed by atoms with Gasteiger partial charge >= 0.3 is 0 Å². The third-order valence-electron chi connectivity index (χ3n) is 2.54. The van der Waals surface area contributed by atoms with Crippen molar-refractivity contribution in [3.05, 3.63) is 30.1 Å². The van der Waals surface area contributed by atoms with Gasteiger partial charge in [0, 0.05) is 18.0 Å². The Hall–Kier alpha value is -1.75. The summed E-state index contributed by atoms with van der Waals surface area (Å²) >= 11 is 0. The first kappa shape index (κ1) is 9.79. The summed E-state index contributed by atoms with van der Waals surface area (Å²) < 4.78 is 0. The minimum atomic E-state index is -0.969. The van der Waals surface area contributed by atoms with Gasteiger partial charge in [-0.2, -0.15) is 5.10 Å². The maximum absolute atomic E-state index is 11.5. The maximum atomic E-state index is 11.5. The fourth-order valence-corrected chi connectivity index (χ4v) is 1.49. The first-order chi connectivity index (χ1) is 7.18. The third-order valence-corrected chi connectivity index (χ3v) is 2.54. The second kappa shape index (κ2) is 3.43. The summed E-state index contributed by atoms with van der Waals surface area (Å²) in [6.07, 6.45) is 3.26. The van der Waals surface area contributed by atoms with Crippen LogP contribution >= 0.6 is 0 Å². The second-order valence-corrected chi connectivity index (χ2v) is 3.63. The number of nitrogens with one attached hydrogen (secondary N) is 1. The highest BCUT2D eigenvalue weighted by molar-refractivity contribution is 6.19. The molecular weight excluding hydrogens is 194 g/mol. The Morgan fingerprint density at radius 1 is 1.60 bits per heavy atom. The molecule has 1 aliphatic heterocycles. The molecule has 1 unspecified atom stereocenters. The lowest BCUT2D eigenvalue weighted by atomic mass is 9.83. The van der Waals surface area contributed by atoms with E-state index in [1.165, 1.54) is 0 Å². The van der Waals surface area contributed by atoms with Crippen LogP contribution in [0.5, 0.6) is 0 Å². The van der Waals surface area contributed by atoms with Gasteiger partial charge in [0.15, 0.2) is 0 Å². The number of hydrogen-bond donors (Lipinski definition) is 2. The summed E-state index contributed by atoms with van der Waals surface area (Å²) in [6, 6.07) is 3.57. The van der Waals surface area contributed by atoms with E-state index >= 15 is 0 Å². The van der Waals surface area contributed by atoms with Crippen molar-refractivity contribution in [3.63, 3.8) is 0 Å². The molecule has 0 saturated carbocycles. The summed E-state index contributed by atoms with van der Waals surface area (Å²) in [5.74, 6) is -0.288. The third kappa shape index (κ3) is 1.41. The van der Waals surface area contributed by atoms with Crippen molar-refractivity contribution >= 4 is 11.6 Å². The number of rotatable bonds is 2. The molecular formula is C10H11N3O2. The van der Waals surface area contributed by atoms with Crippen molar-refractivity contribution in [2.24, 2.45) is 10.5 Å². The fraction of sp³-hybridized carbons (Fsp3) is 0.300. The number of hydrogen-bond acceptors (Lipinski definition) is 4. The van der Waals surface area contributed by atoms with E-state index in [1.807, 2.05) is 0 Å². The molecule has 1 atom stereocenters. The van der Waals surface area contributed by atoms with Gasteiger partial charge in [0.05, 0.1) is 12.3 Å². The smallest absolute Gasteiger partial charge is 0.254 e. The van der Waals surface area contributed by atoms with Gasteiger partial charge in [-0.25, -0.2) is 5.43 Å². The van der Waals surface area contributed by atoms with E-state index < -0.39 is 5.41 Å². The quantitative estimate of drug-likeness (QED) is 0.708. The molecule has 2 heterocycles. The van der Waals surface area contributed by atoms with E-state index in [9.17, 15) is 9.90 Å². The van der Waals surface area contributed by atoms with Crippen molar-refractivity contribution in [2.45, 2.75) is 6.92 Å². The molecule has 5 nitrogen and oxygen atoms in total. The summed E-state index contributed by atoms with van der Waals surface area (Å²) in [7, 11) is 0. The van der Waals surface area contributed by atoms with E-state index in [-0.39, 0.29) is 12.5 Å². The Kier molecular flexibility index (Phi) is 2.24. The molecule has 1 amide bonds. The molecule has 1 aromatic rings.